The Morgan fingerprint density at radius 1 is 1.17 bits per heavy atom. The lowest BCUT2D eigenvalue weighted by atomic mass is 9.91. The van der Waals surface area contributed by atoms with Gasteiger partial charge in [0.2, 0.25) is 0 Å². The Hall–Kier alpha value is -1.11. The minimum atomic E-state index is -4.61. The van der Waals surface area contributed by atoms with Crippen LogP contribution in [-0.2, 0) is 21.4 Å². The van der Waals surface area contributed by atoms with Gasteiger partial charge in [-0.1, -0.05) is 20.8 Å². The van der Waals surface area contributed by atoms with Gasteiger partial charge in [-0.25, -0.2) is 8.42 Å². The van der Waals surface area contributed by atoms with E-state index in [2.05, 4.69) is 4.98 Å². The molecule has 0 unspecified atom stereocenters. The number of rotatable bonds is 1. The zero-order chi connectivity index (χ0) is 14.4. The Bertz CT molecular complexity index is 557. The van der Waals surface area contributed by atoms with Gasteiger partial charge in [0.1, 0.15) is 0 Å². The summed E-state index contributed by atoms with van der Waals surface area (Å²) in [5.41, 5.74) is -1.57. The van der Waals surface area contributed by atoms with E-state index in [1.807, 2.05) is 0 Å². The van der Waals surface area contributed by atoms with Crippen molar-refractivity contribution in [3.8, 4) is 0 Å². The quantitative estimate of drug-likeness (QED) is 0.795. The summed E-state index contributed by atoms with van der Waals surface area (Å²) in [4.78, 5) is 3.31. The summed E-state index contributed by atoms with van der Waals surface area (Å²) in [5.74, 6) is 0. The highest BCUT2D eigenvalue weighted by atomic mass is 32.2. The lowest BCUT2D eigenvalue weighted by molar-refractivity contribution is -0.138. The van der Waals surface area contributed by atoms with Crippen LogP contribution in [0.1, 0.15) is 32.0 Å². The second-order valence-corrected chi connectivity index (χ2v) is 7.07. The van der Waals surface area contributed by atoms with Gasteiger partial charge in [-0.2, -0.15) is 13.2 Å². The molecule has 0 amide bonds. The van der Waals surface area contributed by atoms with Crippen molar-refractivity contribution in [2.45, 2.75) is 37.3 Å². The summed E-state index contributed by atoms with van der Waals surface area (Å²) in [5, 5.41) is 0. The average Bonchev–Trinajstić information content (AvgIpc) is 2.12. The summed E-state index contributed by atoms with van der Waals surface area (Å²) >= 11 is 0. The molecule has 0 aliphatic heterocycles. The van der Waals surface area contributed by atoms with Gasteiger partial charge in [-0.15, -0.1) is 0 Å². The predicted octanol–water partition coefficient (Wildman–Crippen LogP) is 2.80. The van der Waals surface area contributed by atoms with Crippen molar-refractivity contribution < 1.29 is 21.6 Å². The minimum absolute atomic E-state index is 0.137. The monoisotopic (exact) mass is 281 g/mol. The van der Waals surface area contributed by atoms with Crippen molar-refractivity contribution in [3.05, 3.63) is 23.5 Å². The van der Waals surface area contributed by atoms with E-state index in [0.29, 0.717) is 12.3 Å². The molecule has 0 N–H and O–H groups in total. The molecule has 102 valence electrons. The Labute approximate surface area is 104 Å². The largest absolute Gasteiger partial charge is 0.417 e. The van der Waals surface area contributed by atoms with Crippen molar-refractivity contribution in [2.75, 3.05) is 6.26 Å². The first kappa shape index (κ1) is 14.9. The van der Waals surface area contributed by atoms with Gasteiger partial charge in [-0.05, 0) is 6.07 Å². The van der Waals surface area contributed by atoms with E-state index in [-0.39, 0.29) is 10.6 Å². The summed E-state index contributed by atoms with van der Waals surface area (Å²) in [6, 6.07) is 0.642. The van der Waals surface area contributed by atoms with Crippen LogP contribution in [0.3, 0.4) is 0 Å². The Morgan fingerprint density at radius 2 is 1.67 bits per heavy atom. The third-order valence-corrected chi connectivity index (χ3v) is 3.40. The van der Waals surface area contributed by atoms with E-state index in [4.69, 9.17) is 0 Å². The highest BCUT2D eigenvalue weighted by Crippen LogP contribution is 2.34. The molecule has 0 bridgehead atoms. The number of nitrogens with zero attached hydrogens (tertiary/aromatic N) is 1. The fraction of sp³-hybridized carbons (Fsp3) is 0.545. The highest BCUT2D eigenvalue weighted by molar-refractivity contribution is 7.90. The van der Waals surface area contributed by atoms with Gasteiger partial charge in [0.05, 0.1) is 16.2 Å². The first-order valence-electron chi connectivity index (χ1n) is 5.11. The van der Waals surface area contributed by atoms with Crippen LogP contribution < -0.4 is 0 Å². The molecule has 0 saturated carbocycles. The lowest BCUT2D eigenvalue weighted by Crippen LogP contribution is -2.20. The van der Waals surface area contributed by atoms with E-state index in [1.165, 1.54) is 0 Å². The first-order chi connectivity index (χ1) is 7.83. The van der Waals surface area contributed by atoms with Gasteiger partial charge in [0.25, 0.3) is 0 Å². The molecule has 0 saturated heterocycles. The van der Waals surface area contributed by atoms with Crippen molar-refractivity contribution in [1.29, 1.82) is 0 Å². The number of hydrogen-bond acceptors (Lipinski definition) is 3. The van der Waals surface area contributed by atoms with E-state index >= 15 is 0 Å². The zero-order valence-corrected chi connectivity index (χ0v) is 11.3. The number of hydrogen-bond donors (Lipinski definition) is 0. The Balaban J connectivity index is 3.61. The maximum atomic E-state index is 12.5. The fourth-order valence-corrected chi connectivity index (χ4v) is 2.50. The van der Waals surface area contributed by atoms with Gasteiger partial charge in [-0.3, -0.25) is 4.98 Å². The molecule has 0 aromatic carbocycles. The van der Waals surface area contributed by atoms with Crippen molar-refractivity contribution >= 4 is 9.84 Å². The number of alkyl halides is 3. The molecule has 0 spiro atoms. The van der Waals surface area contributed by atoms with Gasteiger partial charge >= 0.3 is 6.18 Å². The zero-order valence-electron chi connectivity index (χ0n) is 10.5. The van der Waals surface area contributed by atoms with Crippen LogP contribution in [-0.4, -0.2) is 19.7 Å². The van der Waals surface area contributed by atoms with E-state index in [9.17, 15) is 21.6 Å². The topological polar surface area (TPSA) is 47.0 Å². The Morgan fingerprint density at radius 3 is 2.00 bits per heavy atom. The molecule has 1 aromatic heterocycles. The molecule has 0 fully saturated rings. The first-order valence-corrected chi connectivity index (χ1v) is 7.00. The van der Waals surface area contributed by atoms with E-state index < -0.39 is 27.0 Å². The summed E-state index contributed by atoms with van der Waals surface area (Å²) < 4.78 is 60.8. The lowest BCUT2D eigenvalue weighted by Gasteiger charge is -2.21. The third kappa shape index (κ3) is 3.22. The Kier molecular flexibility index (Phi) is 3.51. The van der Waals surface area contributed by atoms with Crippen LogP contribution in [0.25, 0.3) is 0 Å². The number of sulfone groups is 1. The minimum Gasteiger partial charge on any atom is -0.259 e. The van der Waals surface area contributed by atoms with Crippen LogP contribution in [0.5, 0.6) is 0 Å². The van der Waals surface area contributed by atoms with Crippen molar-refractivity contribution in [1.82, 2.24) is 4.98 Å². The van der Waals surface area contributed by atoms with Crippen LogP contribution >= 0.6 is 0 Å². The molecule has 18 heavy (non-hydrogen) atoms. The summed E-state index contributed by atoms with van der Waals surface area (Å²) in [6.45, 7) is 5.08. The molecule has 1 rings (SSSR count). The third-order valence-electron chi connectivity index (χ3n) is 2.29. The number of pyridine rings is 1. The molecule has 1 heterocycles. The molecule has 0 aliphatic rings. The molecule has 0 aliphatic carbocycles. The fourth-order valence-electron chi connectivity index (χ4n) is 1.45. The normalized spacial score (nSPS) is 13.7. The molecule has 3 nitrogen and oxygen atoms in total. The number of aromatic nitrogens is 1. The number of halogens is 3. The van der Waals surface area contributed by atoms with Crippen LogP contribution in [0.2, 0.25) is 0 Å². The maximum absolute atomic E-state index is 12.5. The van der Waals surface area contributed by atoms with Gasteiger partial charge in [0, 0.05) is 17.9 Å². The van der Waals surface area contributed by atoms with Gasteiger partial charge < -0.3 is 0 Å². The highest BCUT2D eigenvalue weighted by Gasteiger charge is 2.34. The molecular formula is C11H14F3NO2S. The maximum Gasteiger partial charge on any atom is 0.417 e. The van der Waals surface area contributed by atoms with E-state index in [0.717, 1.165) is 6.26 Å². The molecular weight excluding hydrogens is 267 g/mol. The molecule has 7 heteroatoms. The summed E-state index contributed by atoms with van der Waals surface area (Å²) in [6.07, 6.45) is -3.07. The van der Waals surface area contributed by atoms with Gasteiger partial charge in [0.15, 0.2) is 9.84 Å². The summed E-state index contributed by atoms with van der Waals surface area (Å²) in [7, 11) is -3.76. The SMILES string of the molecule is CC(C)(C)c1ncc(C(F)(F)F)cc1S(C)(=O)=O. The second-order valence-electron chi connectivity index (χ2n) is 5.09. The average molecular weight is 281 g/mol. The van der Waals surface area contributed by atoms with Crippen molar-refractivity contribution in [3.63, 3.8) is 0 Å². The predicted molar refractivity (Wildman–Crippen MR) is 61.0 cm³/mol. The smallest absolute Gasteiger partial charge is 0.259 e. The molecule has 1 aromatic rings. The van der Waals surface area contributed by atoms with Crippen LogP contribution in [0, 0.1) is 0 Å². The van der Waals surface area contributed by atoms with Crippen LogP contribution in [0.4, 0.5) is 13.2 Å². The standard InChI is InChI=1S/C11H14F3NO2S/c1-10(2,3)9-8(18(4,16)17)5-7(6-15-9)11(12,13)14/h5-6H,1-4H3. The van der Waals surface area contributed by atoms with Crippen molar-refractivity contribution in [2.24, 2.45) is 0 Å². The molecule has 0 radical (unpaired) electrons. The molecule has 0 atom stereocenters. The second kappa shape index (κ2) is 4.22. The van der Waals surface area contributed by atoms with E-state index in [1.54, 1.807) is 20.8 Å². The van der Waals surface area contributed by atoms with Crippen LogP contribution in [0.15, 0.2) is 17.2 Å².